The third-order valence-corrected chi connectivity index (χ3v) is 8.66. The van der Waals surface area contributed by atoms with Crippen LogP contribution in [-0.2, 0) is 20.9 Å². The van der Waals surface area contributed by atoms with E-state index in [0.29, 0.717) is 11.1 Å². The van der Waals surface area contributed by atoms with Crippen molar-refractivity contribution in [1.82, 2.24) is 14.3 Å². The van der Waals surface area contributed by atoms with Crippen molar-refractivity contribution in [3.63, 3.8) is 0 Å². The number of non-ortho nitro benzene ring substituents is 1. The lowest BCUT2D eigenvalue weighted by Gasteiger charge is -2.49. The molecule has 5 rings (SSSR count). The fraction of sp³-hybridized carbons (Fsp3) is 0.348. The molecule has 10 nitrogen and oxygen atoms in total. The molecule has 0 bridgehead atoms. The van der Waals surface area contributed by atoms with Crippen LogP contribution in [0.15, 0.2) is 48.0 Å². The van der Waals surface area contributed by atoms with Crippen molar-refractivity contribution >= 4 is 51.1 Å². The molecular weight excluding hydrogens is 492 g/mol. The maximum Gasteiger partial charge on any atom is 0.318 e. The van der Waals surface area contributed by atoms with Gasteiger partial charge >= 0.3 is 5.97 Å². The van der Waals surface area contributed by atoms with Gasteiger partial charge in [0.05, 0.1) is 27.9 Å². The Morgan fingerprint density at radius 1 is 1.40 bits per heavy atom. The summed E-state index contributed by atoms with van der Waals surface area (Å²) < 4.78 is 7.58. The number of thiazole rings is 1. The first kappa shape index (κ1) is 23.5. The van der Waals surface area contributed by atoms with Gasteiger partial charge in [0, 0.05) is 30.1 Å². The highest BCUT2D eigenvalue weighted by atomic mass is 32.2. The van der Waals surface area contributed by atoms with Crippen molar-refractivity contribution in [2.75, 3.05) is 6.26 Å². The van der Waals surface area contributed by atoms with E-state index in [-0.39, 0.29) is 18.2 Å². The van der Waals surface area contributed by atoms with Gasteiger partial charge in [-0.15, -0.1) is 23.1 Å². The molecule has 0 saturated carbocycles. The lowest BCUT2D eigenvalue weighted by atomic mass is 9.67. The second-order valence-corrected chi connectivity index (χ2v) is 10.6. The number of hydrogen-bond donors (Lipinski definition) is 1. The molecule has 0 aliphatic carbocycles. The highest BCUT2D eigenvalue weighted by molar-refractivity contribution is 7.98. The first-order chi connectivity index (χ1) is 16.7. The summed E-state index contributed by atoms with van der Waals surface area (Å²) in [6.07, 6.45) is 6.29. The van der Waals surface area contributed by atoms with Crippen LogP contribution in [0.25, 0.3) is 10.4 Å². The summed E-state index contributed by atoms with van der Waals surface area (Å²) in [7, 11) is 0. The van der Waals surface area contributed by atoms with Crippen LogP contribution in [0, 0.1) is 21.4 Å². The van der Waals surface area contributed by atoms with Gasteiger partial charge in [0.1, 0.15) is 28.2 Å². The number of β-lactam (4-membered cyclic amide) rings is 1. The zero-order valence-electron chi connectivity index (χ0n) is 19.1. The molecule has 1 amide bonds. The normalized spacial score (nSPS) is 24.2. The molecule has 2 aliphatic heterocycles. The van der Waals surface area contributed by atoms with Gasteiger partial charge in [0.15, 0.2) is 0 Å². The van der Waals surface area contributed by atoms with E-state index < -0.39 is 34.4 Å². The van der Waals surface area contributed by atoms with E-state index in [9.17, 15) is 24.8 Å². The fourth-order valence-corrected chi connectivity index (χ4v) is 6.73. The number of hydrogen-bond acceptors (Lipinski definition) is 9. The number of nitrogens with zero attached hydrogens (tertiary/aromatic N) is 4. The summed E-state index contributed by atoms with van der Waals surface area (Å²) in [5.74, 6) is -1.49. The summed E-state index contributed by atoms with van der Waals surface area (Å²) in [6, 6.07) is 5.21. The van der Waals surface area contributed by atoms with E-state index in [1.54, 1.807) is 26.4 Å². The van der Waals surface area contributed by atoms with Gasteiger partial charge in [-0.05, 0) is 37.8 Å². The molecule has 0 radical (unpaired) electrons. The van der Waals surface area contributed by atoms with Crippen molar-refractivity contribution in [2.45, 2.75) is 37.6 Å². The summed E-state index contributed by atoms with van der Waals surface area (Å²) >= 11 is 2.99. The molecule has 2 aromatic heterocycles. The SMILES string of the molecule is CSc1ncn2cc(C3=CN4C(=O)[C@H]([C@@H](C)O)[C@@H]4[C@@]3(C)C(=O)OCc3ccc([N+](=O)[O-])cc3)sc12. The van der Waals surface area contributed by atoms with E-state index in [0.717, 1.165) is 14.7 Å². The van der Waals surface area contributed by atoms with Crippen molar-refractivity contribution in [1.29, 1.82) is 0 Å². The Kier molecular flexibility index (Phi) is 5.69. The van der Waals surface area contributed by atoms with Crippen LogP contribution in [0.1, 0.15) is 24.3 Å². The largest absolute Gasteiger partial charge is 0.460 e. The summed E-state index contributed by atoms with van der Waals surface area (Å²) in [6.45, 7) is 3.21. The standard InChI is InChI=1S/C23H22N4O6S2/c1-12(28)17-18-23(2,22(30)33-10-13-4-6-14(7-5-13)27(31)32)15(8-26(18)20(17)29)16-9-25-11-24-19(34-3)21(25)35-16/h4-9,11-12,17-18,28H,10H2,1-3H3/t12-,17-,18-,23+/m1/s1. The van der Waals surface area contributed by atoms with Gasteiger partial charge in [-0.1, -0.05) is 0 Å². The number of imidazole rings is 1. The second-order valence-electron chi connectivity index (χ2n) is 8.76. The molecule has 2 aliphatic rings. The number of rotatable bonds is 7. The van der Waals surface area contributed by atoms with Crippen molar-refractivity contribution in [3.05, 3.63) is 63.5 Å². The van der Waals surface area contributed by atoms with Gasteiger partial charge < -0.3 is 14.7 Å². The quantitative estimate of drug-likeness (QED) is 0.167. The number of carbonyl (C=O) groups is 2. The minimum atomic E-state index is -1.22. The molecular formula is C23H22N4O6S2. The minimum absolute atomic E-state index is 0.0513. The number of aliphatic hydroxyl groups is 1. The summed E-state index contributed by atoms with van der Waals surface area (Å²) in [4.78, 5) is 44.4. The van der Waals surface area contributed by atoms with Crippen LogP contribution >= 0.6 is 23.1 Å². The number of carbonyl (C=O) groups excluding carboxylic acids is 2. The van der Waals surface area contributed by atoms with Crippen LogP contribution in [0.4, 0.5) is 5.69 Å². The third-order valence-electron chi connectivity index (χ3n) is 6.70. The third kappa shape index (κ3) is 3.55. The Balaban J connectivity index is 1.48. The maximum absolute atomic E-state index is 13.6. The minimum Gasteiger partial charge on any atom is -0.460 e. The number of nitro groups is 1. The molecule has 4 heterocycles. The number of thioether (sulfide) groups is 1. The zero-order valence-corrected chi connectivity index (χ0v) is 20.7. The van der Waals surface area contributed by atoms with E-state index in [4.69, 9.17) is 4.74 Å². The molecule has 1 saturated heterocycles. The van der Waals surface area contributed by atoms with Crippen LogP contribution < -0.4 is 0 Å². The second kappa shape index (κ2) is 8.47. The first-order valence-electron chi connectivity index (χ1n) is 10.8. The first-order valence-corrected chi connectivity index (χ1v) is 12.8. The maximum atomic E-state index is 13.6. The molecule has 0 spiro atoms. The molecule has 3 aromatic rings. The molecule has 1 aromatic carbocycles. The predicted molar refractivity (Wildman–Crippen MR) is 130 cm³/mol. The molecule has 1 N–H and O–H groups in total. The monoisotopic (exact) mass is 514 g/mol. The number of fused-ring (bicyclic) bond motifs is 2. The van der Waals surface area contributed by atoms with Gasteiger partial charge in [0.2, 0.25) is 5.91 Å². The molecule has 0 unspecified atom stereocenters. The van der Waals surface area contributed by atoms with Crippen molar-refractivity contribution < 1.29 is 24.4 Å². The highest BCUT2D eigenvalue weighted by Crippen LogP contribution is 2.56. The lowest BCUT2D eigenvalue weighted by Crippen LogP contribution is -2.66. The van der Waals surface area contributed by atoms with Crippen LogP contribution in [0.2, 0.25) is 0 Å². The Morgan fingerprint density at radius 3 is 2.74 bits per heavy atom. The summed E-state index contributed by atoms with van der Waals surface area (Å²) in [5.41, 5.74) is -0.0181. The summed E-state index contributed by atoms with van der Waals surface area (Å²) in [5, 5.41) is 22.1. The number of esters is 1. The highest BCUT2D eigenvalue weighted by Gasteiger charge is 2.66. The Bertz CT molecular complexity index is 1380. The number of amides is 1. The fourth-order valence-electron chi connectivity index (χ4n) is 4.82. The predicted octanol–water partition coefficient (Wildman–Crippen LogP) is 3.34. The van der Waals surface area contributed by atoms with Gasteiger partial charge in [-0.2, -0.15) is 0 Å². The Labute approximate surface area is 208 Å². The van der Waals surface area contributed by atoms with Crippen LogP contribution in [-0.4, -0.2) is 54.6 Å². The van der Waals surface area contributed by atoms with E-state index in [1.165, 1.54) is 52.3 Å². The van der Waals surface area contributed by atoms with Crippen LogP contribution in [0.3, 0.4) is 0 Å². The van der Waals surface area contributed by atoms with E-state index in [1.807, 2.05) is 16.9 Å². The molecule has 1 fully saturated rings. The average Bonchev–Trinajstić information content (AvgIpc) is 3.47. The number of ether oxygens (including phenoxy) is 1. The number of aromatic nitrogens is 2. The zero-order chi connectivity index (χ0) is 25.1. The van der Waals surface area contributed by atoms with Crippen molar-refractivity contribution in [3.8, 4) is 0 Å². The number of benzene rings is 1. The molecule has 4 atom stereocenters. The smallest absolute Gasteiger partial charge is 0.318 e. The van der Waals surface area contributed by atoms with Crippen LogP contribution in [0.5, 0.6) is 0 Å². The van der Waals surface area contributed by atoms with E-state index >= 15 is 0 Å². The molecule has 35 heavy (non-hydrogen) atoms. The number of aliphatic hydroxyl groups excluding tert-OH is 1. The van der Waals surface area contributed by atoms with E-state index in [2.05, 4.69) is 4.98 Å². The van der Waals surface area contributed by atoms with Gasteiger partial charge in [0.25, 0.3) is 5.69 Å². The molecule has 182 valence electrons. The molecule has 12 heteroatoms. The Morgan fingerprint density at radius 2 is 2.11 bits per heavy atom. The van der Waals surface area contributed by atoms with Crippen molar-refractivity contribution in [2.24, 2.45) is 11.3 Å². The lowest BCUT2D eigenvalue weighted by molar-refractivity contribution is -0.384. The van der Waals surface area contributed by atoms with Gasteiger partial charge in [-0.25, -0.2) is 4.98 Å². The topological polar surface area (TPSA) is 127 Å². The Hall–Kier alpha value is -3.22. The average molecular weight is 515 g/mol. The number of nitro benzene ring substituents is 1. The van der Waals surface area contributed by atoms with Gasteiger partial charge in [-0.3, -0.25) is 24.1 Å².